The lowest BCUT2D eigenvalue weighted by Crippen LogP contribution is -2.41. The van der Waals surface area contributed by atoms with E-state index in [1.807, 2.05) is 32.0 Å². The van der Waals surface area contributed by atoms with Gasteiger partial charge in [-0.05, 0) is 95.3 Å². The number of anilines is 4. The zero-order chi connectivity index (χ0) is 37.0. The fourth-order valence-electron chi connectivity index (χ4n) is 6.48. The molecule has 2 aromatic carbocycles. The SMILES string of the molecule is COc1ccc2c(c1)[C@]1(C[C@H]1c1ccc3c(Nc4ncc(NCCO)nc4C(C)C)nn(C(=O)OC(C)(C)C)c3c1)C(=O)N2C(=O)OC(C)(C)C. The number of fused-ring (bicyclic) bond motifs is 3. The lowest BCUT2D eigenvalue weighted by Gasteiger charge is -2.24. The standard InChI is InChI=1S/C37H45N7O7/c1-20(2)29-31(39-19-28(40-29)38-14-15-45)41-30-23-12-10-21(16-27(23)44(42-30)34(48)51-36(6,7)8)25-18-37(25)24-17-22(49-9)11-13-26(24)43(32(37)46)33(47)50-35(3,4)5/h10-13,16-17,19-20,25,45H,14-15,18H2,1-9H3,(H,38,40)(H,39,41,42)/t25-,37-/m0/s1. The highest BCUT2D eigenvalue weighted by Crippen LogP contribution is 2.67. The van der Waals surface area contributed by atoms with Gasteiger partial charge >= 0.3 is 12.2 Å². The fourth-order valence-corrected chi connectivity index (χ4v) is 6.48. The molecular formula is C37H45N7O7. The van der Waals surface area contributed by atoms with Gasteiger partial charge in [0.05, 0.1) is 42.2 Å². The van der Waals surface area contributed by atoms with Crippen LogP contribution in [0.5, 0.6) is 5.75 Å². The van der Waals surface area contributed by atoms with Crippen LogP contribution in [0.15, 0.2) is 42.6 Å². The van der Waals surface area contributed by atoms with Gasteiger partial charge in [-0.2, -0.15) is 4.68 Å². The molecule has 2 amide bonds. The number of ether oxygens (including phenoxy) is 3. The Balaban J connectivity index is 1.42. The molecule has 51 heavy (non-hydrogen) atoms. The van der Waals surface area contributed by atoms with Crippen LogP contribution in [0.2, 0.25) is 0 Å². The molecule has 1 aliphatic carbocycles. The van der Waals surface area contributed by atoms with E-state index in [4.69, 9.17) is 14.2 Å². The van der Waals surface area contributed by atoms with Crippen molar-refractivity contribution in [2.75, 3.05) is 35.8 Å². The van der Waals surface area contributed by atoms with Crippen LogP contribution < -0.4 is 20.3 Å². The number of imide groups is 1. The highest BCUT2D eigenvalue weighted by atomic mass is 16.6. The molecule has 3 N–H and O–H groups in total. The average Bonchev–Trinajstić information content (AvgIpc) is 3.63. The predicted octanol–water partition coefficient (Wildman–Crippen LogP) is 6.60. The van der Waals surface area contributed by atoms with E-state index in [0.717, 1.165) is 10.5 Å². The third-order valence-electron chi connectivity index (χ3n) is 8.72. The zero-order valence-electron chi connectivity index (χ0n) is 30.5. The Morgan fingerprint density at radius 3 is 2.37 bits per heavy atom. The van der Waals surface area contributed by atoms with E-state index in [9.17, 15) is 19.5 Å². The van der Waals surface area contributed by atoms with Crippen molar-refractivity contribution in [3.63, 3.8) is 0 Å². The van der Waals surface area contributed by atoms with Gasteiger partial charge < -0.3 is 30.0 Å². The molecule has 2 aliphatic rings. The number of aliphatic hydroxyl groups is 1. The Morgan fingerprint density at radius 1 is 1.02 bits per heavy atom. The van der Waals surface area contributed by atoms with Gasteiger partial charge in [-0.1, -0.05) is 19.9 Å². The number of aromatic nitrogens is 4. The second-order valence-electron chi connectivity index (χ2n) is 15.2. The molecule has 2 aromatic heterocycles. The minimum atomic E-state index is -1.03. The molecule has 4 aromatic rings. The number of amides is 2. The van der Waals surface area contributed by atoms with E-state index in [1.54, 1.807) is 73.0 Å². The lowest BCUT2D eigenvalue weighted by molar-refractivity contribution is -0.120. The lowest BCUT2D eigenvalue weighted by atomic mass is 9.91. The molecule has 270 valence electrons. The highest BCUT2D eigenvalue weighted by molar-refractivity contribution is 6.23. The molecule has 14 heteroatoms. The van der Waals surface area contributed by atoms with Crippen LogP contribution in [0, 0.1) is 0 Å². The molecule has 6 rings (SSSR count). The number of benzene rings is 2. The summed E-state index contributed by atoms with van der Waals surface area (Å²) < 4.78 is 18.1. The Kier molecular flexibility index (Phi) is 8.95. The van der Waals surface area contributed by atoms with E-state index in [2.05, 4.69) is 25.7 Å². The third-order valence-corrected chi connectivity index (χ3v) is 8.72. The van der Waals surface area contributed by atoms with Crippen LogP contribution in [0.1, 0.15) is 90.5 Å². The van der Waals surface area contributed by atoms with Crippen molar-refractivity contribution in [2.24, 2.45) is 0 Å². The Labute approximate surface area is 296 Å². The molecule has 0 radical (unpaired) electrons. The fraction of sp³-hybridized carbons (Fsp3) is 0.459. The summed E-state index contributed by atoms with van der Waals surface area (Å²) in [5, 5.41) is 20.8. The van der Waals surface area contributed by atoms with Gasteiger partial charge in [0.15, 0.2) is 11.6 Å². The van der Waals surface area contributed by atoms with Crippen LogP contribution in [-0.2, 0) is 19.7 Å². The first-order chi connectivity index (χ1) is 24.0. The normalized spacial score (nSPS) is 18.3. The summed E-state index contributed by atoms with van der Waals surface area (Å²) in [5.41, 5.74) is 0.434. The van der Waals surface area contributed by atoms with Crippen LogP contribution in [0.4, 0.5) is 32.7 Å². The molecule has 3 heterocycles. The summed E-state index contributed by atoms with van der Waals surface area (Å²) in [6.07, 6.45) is 0.585. The van der Waals surface area contributed by atoms with Gasteiger partial charge in [0.1, 0.15) is 22.8 Å². The van der Waals surface area contributed by atoms with Crippen LogP contribution in [-0.4, -0.2) is 74.4 Å². The number of aliphatic hydroxyl groups excluding tert-OH is 1. The minimum Gasteiger partial charge on any atom is -0.497 e. The maximum Gasteiger partial charge on any atom is 0.435 e. The summed E-state index contributed by atoms with van der Waals surface area (Å²) in [4.78, 5) is 51.7. The Morgan fingerprint density at radius 2 is 1.73 bits per heavy atom. The number of carbonyl (C=O) groups is 3. The molecule has 2 atom stereocenters. The van der Waals surface area contributed by atoms with Crippen molar-refractivity contribution in [2.45, 2.75) is 90.3 Å². The summed E-state index contributed by atoms with van der Waals surface area (Å²) in [6, 6.07) is 10.8. The monoisotopic (exact) mass is 699 g/mol. The number of carbonyl (C=O) groups excluding carboxylic acids is 3. The van der Waals surface area contributed by atoms with Gasteiger partial charge in [-0.25, -0.2) is 24.5 Å². The maximum atomic E-state index is 14.3. The first-order valence-corrected chi connectivity index (χ1v) is 17.0. The van der Waals surface area contributed by atoms with Gasteiger partial charge in [0.2, 0.25) is 5.91 Å². The number of nitrogens with one attached hydrogen (secondary N) is 2. The highest BCUT2D eigenvalue weighted by Gasteiger charge is 2.68. The number of nitrogens with zero attached hydrogens (tertiary/aromatic N) is 5. The molecule has 14 nitrogen and oxygen atoms in total. The van der Waals surface area contributed by atoms with E-state index in [0.29, 0.717) is 64.0 Å². The summed E-state index contributed by atoms with van der Waals surface area (Å²) in [7, 11) is 1.55. The molecule has 1 aliphatic heterocycles. The molecule has 0 unspecified atom stereocenters. The van der Waals surface area contributed by atoms with Crippen LogP contribution >= 0.6 is 0 Å². The number of hydrogen-bond donors (Lipinski definition) is 3. The van der Waals surface area contributed by atoms with Gasteiger partial charge in [-0.15, -0.1) is 5.10 Å². The predicted molar refractivity (Wildman–Crippen MR) is 192 cm³/mol. The average molecular weight is 700 g/mol. The Bertz CT molecular complexity index is 2030. The zero-order valence-corrected chi connectivity index (χ0v) is 30.5. The molecule has 1 fully saturated rings. The van der Waals surface area contributed by atoms with Crippen molar-refractivity contribution in [1.29, 1.82) is 0 Å². The van der Waals surface area contributed by atoms with E-state index < -0.39 is 28.8 Å². The van der Waals surface area contributed by atoms with Gasteiger partial charge in [0.25, 0.3) is 0 Å². The van der Waals surface area contributed by atoms with E-state index in [-0.39, 0.29) is 24.3 Å². The van der Waals surface area contributed by atoms with Gasteiger partial charge in [-0.3, -0.25) is 4.79 Å². The molecule has 1 saturated carbocycles. The van der Waals surface area contributed by atoms with Crippen molar-refractivity contribution < 1.29 is 33.7 Å². The number of methoxy groups -OCH3 is 1. The van der Waals surface area contributed by atoms with E-state index in [1.165, 1.54) is 4.68 Å². The second kappa shape index (κ2) is 12.8. The molecule has 1 spiro atoms. The first kappa shape index (κ1) is 35.6. The van der Waals surface area contributed by atoms with Gasteiger partial charge in [0, 0.05) is 17.8 Å². The summed E-state index contributed by atoms with van der Waals surface area (Å²) >= 11 is 0. The second-order valence-corrected chi connectivity index (χ2v) is 15.2. The quantitative estimate of drug-likeness (QED) is 0.180. The van der Waals surface area contributed by atoms with Crippen molar-refractivity contribution >= 4 is 52.1 Å². The molecule has 0 bridgehead atoms. The van der Waals surface area contributed by atoms with Crippen LogP contribution in [0.3, 0.4) is 0 Å². The topological polar surface area (TPSA) is 170 Å². The number of rotatable bonds is 8. The van der Waals surface area contributed by atoms with Crippen molar-refractivity contribution in [1.82, 2.24) is 19.7 Å². The van der Waals surface area contributed by atoms with Crippen molar-refractivity contribution in [3.8, 4) is 5.75 Å². The first-order valence-electron chi connectivity index (χ1n) is 17.0. The largest absolute Gasteiger partial charge is 0.497 e. The third kappa shape index (κ3) is 6.67. The smallest absolute Gasteiger partial charge is 0.435 e. The summed E-state index contributed by atoms with van der Waals surface area (Å²) in [5.74, 6) is 1.21. The van der Waals surface area contributed by atoms with Crippen molar-refractivity contribution in [3.05, 3.63) is 59.4 Å². The molecule has 0 saturated heterocycles. The molecular weight excluding hydrogens is 654 g/mol. The Hall–Kier alpha value is -5.24. The summed E-state index contributed by atoms with van der Waals surface area (Å²) in [6.45, 7) is 14.9. The maximum absolute atomic E-state index is 14.3. The number of hydrogen-bond acceptors (Lipinski definition) is 12. The van der Waals surface area contributed by atoms with E-state index >= 15 is 0 Å². The van der Waals surface area contributed by atoms with Crippen LogP contribution in [0.25, 0.3) is 10.9 Å². The minimum absolute atomic E-state index is 0.0153.